The van der Waals surface area contributed by atoms with Gasteiger partial charge in [-0.15, -0.1) is 11.8 Å². The lowest BCUT2D eigenvalue weighted by Crippen LogP contribution is -2.19. The molecule has 156 valence electrons. The van der Waals surface area contributed by atoms with Gasteiger partial charge in [-0.05, 0) is 19.1 Å². The van der Waals surface area contributed by atoms with E-state index < -0.39 is 0 Å². The number of aryl methyl sites for hydroxylation is 2. The zero-order valence-corrected chi connectivity index (χ0v) is 18.2. The van der Waals surface area contributed by atoms with Crippen LogP contribution in [0.25, 0.3) is 10.2 Å². The molecule has 1 aliphatic rings. The second-order valence-corrected chi connectivity index (χ2v) is 8.70. The van der Waals surface area contributed by atoms with E-state index in [1.165, 1.54) is 35.8 Å². The molecule has 0 saturated carbocycles. The Morgan fingerprint density at radius 2 is 1.93 bits per heavy atom. The molecule has 2 aromatic carbocycles. The first kappa shape index (κ1) is 20.5. The molecule has 1 aromatic heterocycles. The minimum absolute atomic E-state index is 0.177. The van der Waals surface area contributed by atoms with Gasteiger partial charge in [0, 0.05) is 23.6 Å². The average Bonchev–Trinajstić information content (AvgIpc) is 3.33. The summed E-state index contributed by atoms with van der Waals surface area (Å²) in [7, 11) is 1.36. The number of ether oxygens (including phenoxy) is 3. The van der Waals surface area contributed by atoms with Crippen LogP contribution in [0.15, 0.2) is 46.3 Å². The number of aromatic nitrogens is 1. The Balaban J connectivity index is 1.62. The Bertz CT molecular complexity index is 1160. The highest BCUT2D eigenvalue weighted by atomic mass is 32.2. The van der Waals surface area contributed by atoms with Crippen LogP contribution in [-0.4, -0.2) is 36.1 Å². The first-order valence-corrected chi connectivity index (χ1v) is 11.1. The van der Waals surface area contributed by atoms with Crippen LogP contribution < -0.4 is 14.3 Å². The van der Waals surface area contributed by atoms with Gasteiger partial charge >= 0.3 is 5.97 Å². The van der Waals surface area contributed by atoms with E-state index in [0.717, 1.165) is 15.1 Å². The summed E-state index contributed by atoms with van der Waals surface area (Å²) in [5.74, 6) is 0.974. The maximum atomic E-state index is 12.5. The van der Waals surface area contributed by atoms with Crippen LogP contribution >= 0.6 is 23.1 Å². The number of rotatable bonds is 6. The van der Waals surface area contributed by atoms with Crippen molar-refractivity contribution in [2.45, 2.75) is 24.8 Å². The minimum atomic E-state index is -0.324. The standard InChI is InChI=1S/C21H20N2O5S2/c1-13-3-5-14(6-4-13)29-11-19(24)22-21-23(8-7-20(25)26-2)15-9-16-17(28-12-27-16)10-18(15)30-21/h3-6,9-10H,7-8,11-12H2,1-2H3. The van der Waals surface area contributed by atoms with Gasteiger partial charge in [0.15, 0.2) is 16.3 Å². The van der Waals surface area contributed by atoms with E-state index in [-0.39, 0.29) is 30.8 Å². The summed E-state index contributed by atoms with van der Waals surface area (Å²) < 4.78 is 18.4. The monoisotopic (exact) mass is 444 g/mol. The number of carbonyl (C=O) groups excluding carboxylic acids is 2. The summed E-state index contributed by atoms with van der Waals surface area (Å²) in [6, 6.07) is 11.7. The molecule has 0 fully saturated rings. The molecule has 0 atom stereocenters. The summed E-state index contributed by atoms with van der Waals surface area (Å²) in [6.07, 6.45) is 0.177. The summed E-state index contributed by atoms with van der Waals surface area (Å²) in [6.45, 7) is 2.56. The number of hydrogen-bond donors (Lipinski definition) is 0. The van der Waals surface area contributed by atoms with E-state index in [4.69, 9.17) is 14.2 Å². The lowest BCUT2D eigenvalue weighted by atomic mass is 10.2. The zero-order valence-electron chi connectivity index (χ0n) is 16.5. The number of hydrogen-bond acceptors (Lipinski definition) is 7. The molecule has 30 heavy (non-hydrogen) atoms. The molecule has 0 radical (unpaired) electrons. The lowest BCUT2D eigenvalue weighted by molar-refractivity contribution is -0.140. The van der Waals surface area contributed by atoms with Crippen molar-refractivity contribution >= 4 is 45.2 Å². The van der Waals surface area contributed by atoms with Crippen LogP contribution in [0, 0.1) is 6.92 Å². The fourth-order valence-corrected chi connectivity index (χ4v) is 4.75. The highest BCUT2D eigenvalue weighted by Gasteiger charge is 2.18. The maximum absolute atomic E-state index is 12.5. The highest BCUT2D eigenvalue weighted by Crippen LogP contribution is 2.37. The third-order valence-electron chi connectivity index (χ3n) is 4.55. The van der Waals surface area contributed by atoms with E-state index >= 15 is 0 Å². The van der Waals surface area contributed by atoms with Gasteiger partial charge in [-0.25, -0.2) is 0 Å². The van der Waals surface area contributed by atoms with Crippen molar-refractivity contribution in [1.82, 2.24) is 4.57 Å². The smallest absolute Gasteiger partial charge is 0.307 e. The Morgan fingerprint density at radius 1 is 1.20 bits per heavy atom. The number of thiazole rings is 1. The molecule has 0 spiro atoms. The van der Waals surface area contributed by atoms with Crippen molar-refractivity contribution in [1.29, 1.82) is 0 Å². The molecule has 0 unspecified atom stereocenters. The quantitative estimate of drug-likeness (QED) is 0.428. The van der Waals surface area contributed by atoms with E-state index in [2.05, 4.69) is 4.99 Å². The molecule has 3 aromatic rings. The minimum Gasteiger partial charge on any atom is -0.469 e. The number of fused-ring (bicyclic) bond motifs is 2. The van der Waals surface area contributed by atoms with Gasteiger partial charge in [0.2, 0.25) is 6.79 Å². The van der Waals surface area contributed by atoms with E-state index in [1.807, 2.05) is 47.9 Å². The van der Waals surface area contributed by atoms with Gasteiger partial charge in [0.05, 0.1) is 29.5 Å². The average molecular weight is 445 g/mol. The van der Waals surface area contributed by atoms with Crippen molar-refractivity contribution in [3.63, 3.8) is 0 Å². The Hall–Kier alpha value is -2.78. The predicted octanol–water partition coefficient (Wildman–Crippen LogP) is 3.52. The molecule has 9 heteroatoms. The molecule has 0 saturated heterocycles. The molecule has 0 N–H and O–H groups in total. The number of methoxy groups -OCH3 is 1. The summed E-state index contributed by atoms with van der Waals surface area (Å²) in [5.41, 5.74) is 2.01. The number of carbonyl (C=O) groups is 2. The Labute approximate surface area is 181 Å². The molecule has 7 nitrogen and oxygen atoms in total. The summed E-state index contributed by atoms with van der Waals surface area (Å²) in [5, 5.41) is 0. The second-order valence-electron chi connectivity index (χ2n) is 6.64. The largest absolute Gasteiger partial charge is 0.469 e. The van der Waals surface area contributed by atoms with Crippen molar-refractivity contribution in [2.24, 2.45) is 4.99 Å². The highest BCUT2D eigenvalue weighted by molar-refractivity contribution is 8.00. The van der Waals surface area contributed by atoms with Gasteiger partial charge in [-0.3, -0.25) is 9.59 Å². The normalized spacial score (nSPS) is 13.1. The first-order valence-electron chi connectivity index (χ1n) is 9.30. The molecule has 0 aliphatic carbocycles. The SMILES string of the molecule is COC(=O)CCn1c(=NC(=O)CSc2ccc(C)cc2)sc2cc3c(cc21)OCO3. The van der Waals surface area contributed by atoms with E-state index in [9.17, 15) is 9.59 Å². The van der Waals surface area contributed by atoms with Gasteiger partial charge in [0.25, 0.3) is 5.91 Å². The number of nitrogens with zero attached hydrogens (tertiary/aromatic N) is 2. The van der Waals surface area contributed by atoms with Gasteiger partial charge in [0.1, 0.15) is 0 Å². The number of thioether (sulfide) groups is 1. The Kier molecular flexibility index (Phi) is 6.10. The molecule has 0 bridgehead atoms. The van der Waals surface area contributed by atoms with Crippen molar-refractivity contribution in [2.75, 3.05) is 19.7 Å². The molecule has 4 rings (SSSR count). The second kappa shape index (κ2) is 8.93. The van der Waals surface area contributed by atoms with Crippen LogP contribution in [0.4, 0.5) is 0 Å². The molecule has 2 heterocycles. The predicted molar refractivity (Wildman–Crippen MR) is 115 cm³/mol. The summed E-state index contributed by atoms with van der Waals surface area (Å²) in [4.78, 5) is 30.1. The number of benzene rings is 2. The fourth-order valence-electron chi connectivity index (χ4n) is 2.98. The fraction of sp³-hybridized carbons (Fsp3) is 0.286. The van der Waals surface area contributed by atoms with Crippen LogP contribution in [0.1, 0.15) is 12.0 Å². The zero-order chi connectivity index (χ0) is 21.1. The maximum Gasteiger partial charge on any atom is 0.307 e. The third kappa shape index (κ3) is 4.52. The number of amides is 1. The molecular formula is C21H20N2O5S2. The lowest BCUT2D eigenvalue weighted by Gasteiger charge is -2.05. The summed E-state index contributed by atoms with van der Waals surface area (Å²) >= 11 is 2.83. The third-order valence-corrected chi connectivity index (χ3v) is 6.59. The topological polar surface area (TPSA) is 79.1 Å². The van der Waals surface area contributed by atoms with Crippen LogP contribution in [0.5, 0.6) is 11.5 Å². The van der Waals surface area contributed by atoms with Crippen LogP contribution in [0.2, 0.25) is 0 Å². The van der Waals surface area contributed by atoms with Crippen LogP contribution in [0.3, 0.4) is 0 Å². The van der Waals surface area contributed by atoms with E-state index in [1.54, 1.807) is 0 Å². The van der Waals surface area contributed by atoms with Crippen molar-refractivity contribution in [3.05, 3.63) is 46.8 Å². The van der Waals surface area contributed by atoms with E-state index in [0.29, 0.717) is 22.8 Å². The number of esters is 1. The molecule has 1 amide bonds. The molecular weight excluding hydrogens is 424 g/mol. The van der Waals surface area contributed by atoms with Gasteiger partial charge < -0.3 is 18.8 Å². The van der Waals surface area contributed by atoms with Gasteiger partial charge in [-0.2, -0.15) is 4.99 Å². The van der Waals surface area contributed by atoms with Crippen molar-refractivity contribution in [3.8, 4) is 11.5 Å². The molecule has 1 aliphatic heterocycles. The van der Waals surface area contributed by atoms with Crippen LogP contribution in [-0.2, 0) is 20.9 Å². The first-order chi connectivity index (χ1) is 14.5. The Morgan fingerprint density at radius 3 is 2.67 bits per heavy atom. The van der Waals surface area contributed by atoms with Gasteiger partial charge in [-0.1, -0.05) is 29.0 Å². The van der Waals surface area contributed by atoms with Crippen molar-refractivity contribution < 1.29 is 23.8 Å².